The van der Waals surface area contributed by atoms with Crippen LogP contribution in [0.5, 0.6) is 0 Å². The van der Waals surface area contributed by atoms with E-state index in [9.17, 15) is 0 Å². The van der Waals surface area contributed by atoms with Crippen molar-refractivity contribution in [3.05, 3.63) is 0 Å². The molecule has 16 heavy (non-hydrogen) atoms. The summed E-state index contributed by atoms with van der Waals surface area (Å²) in [5.41, 5.74) is 0.408. The predicted molar refractivity (Wildman–Crippen MR) is 66.5 cm³/mol. The van der Waals surface area contributed by atoms with Crippen LogP contribution >= 0.6 is 0 Å². The summed E-state index contributed by atoms with van der Waals surface area (Å²) in [5.74, 6) is 0. The Morgan fingerprint density at radius 3 is 2.38 bits per heavy atom. The zero-order valence-corrected chi connectivity index (χ0v) is 11.2. The van der Waals surface area contributed by atoms with Crippen molar-refractivity contribution < 1.29 is 9.47 Å². The van der Waals surface area contributed by atoms with Crippen molar-refractivity contribution in [3.63, 3.8) is 0 Å². The molecule has 0 bridgehead atoms. The van der Waals surface area contributed by atoms with E-state index in [1.54, 1.807) is 0 Å². The van der Waals surface area contributed by atoms with E-state index in [1.165, 1.54) is 12.8 Å². The van der Waals surface area contributed by atoms with Gasteiger partial charge in [0.2, 0.25) is 0 Å². The molecule has 1 fully saturated rings. The highest BCUT2D eigenvalue weighted by Crippen LogP contribution is 2.23. The first-order valence-corrected chi connectivity index (χ1v) is 6.48. The molecule has 1 saturated heterocycles. The van der Waals surface area contributed by atoms with E-state index in [0.717, 1.165) is 26.2 Å². The van der Waals surface area contributed by atoms with Crippen LogP contribution in [0.4, 0.5) is 0 Å². The minimum atomic E-state index is 0.0176. The van der Waals surface area contributed by atoms with Crippen LogP contribution in [0.2, 0.25) is 0 Å². The van der Waals surface area contributed by atoms with Crippen LogP contribution in [0, 0.1) is 5.41 Å². The third-order valence-corrected chi connectivity index (χ3v) is 2.90. The molecule has 0 aromatic rings. The van der Waals surface area contributed by atoms with Gasteiger partial charge in [0.05, 0.1) is 13.2 Å². The van der Waals surface area contributed by atoms with Crippen LogP contribution in [0.25, 0.3) is 0 Å². The second-order valence-corrected chi connectivity index (χ2v) is 5.76. The Hall–Kier alpha value is -0.120. The molecule has 0 spiro atoms. The first-order chi connectivity index (χ1) is 7.51. The van der Waals surface area contributed by atoms with Crippen molar-refractivity contribution in [2.24, 2.45) is 5.41 Å². The summed E-state index contributed by atoms with van der Waals surface area (Å²) in [6.07, 6.45) is 3.42. The Morgan fingerprint density at radius 1 is 1.25 bits per heavy atom. The average molecular weight is 229 g/mol. The fourth-order valence-electron chi connectivity index (χ4n) is 1.97. The SMILES string of the molecule is CCNC(CCC(C)(C)C)CC1OCCO1. The molecule has 0 saturated carbocycles. The molecule has 1 aliphatic rings. The number of rotatable bonds is 6. The zero-order chi connectivity index (χ0) is 12.0. The van der Waals surface area contributed by atoms with E-state index >= 15 is 0 Å². The monoisotopic (exact) mass is 229 g/mol. The van der Waals surface area contributed by atoms with Crippen LogP contribution < -0.4 is 5.32 Å². The summed E-state index contributed by atoms with van der Waals surface area (Å²) in [6.45, 7) is 11.5. The maximum atomic E-state index is 5.50. The summed E-state index contributed by atoms with van der Waals surface area (Å²) in [5, 5.41) is 3.52. The molecule has 1 N–H and O–H groups in total. The summed E-state index contributed by atoms with van der Waals surface area (Å²) in [6, 6.07) is 0.521. The zero-order valence-electron chi connectivity index (χ0n) is 11.2. The molecular weight excluding hydrogens is 202 g/mol. The van der Waals surface area contributed by atoms with Gasteiger partial charge in [-0.05, 0) is 24.8 Å². The Kier molecular flexibility index (Phi) is 5.73. The van der Waals surface area contributed by atoms with Crippen LogP contribution in [0.15, 0.2) is 0 Å². The van der Waals surface area contributed by atoms with Gasteiger partial charge in [-0.15, -0.1) is 0 Å². The molecule has 1 atom stereocenters. The van der Waals surface area contributed by atoms with Gasteiger partial charge in [0.1, 0.15) is 0 Å². The van der Waals surface area contributed by atoms with Gasteiger partial charge in [-0.2, -0.15) is 0 Å². The largest absolute Gasteiger partial charge is 0.350 e. The fourth-order valence-corrected chi connectivity index (χ4v) is 1.97. The van der Waals surface area contributed by atoms with Gasteiger partial charge in [-0.1, -0.05) is 27.7 Å². The van der Waals surface area contributed by atoms with Crippen molar-refractivity contribution in [1.29, 1.82) is 0 Å². The van der Waals surface area contributed by atoms with E-state index in [2.05, 4.69) is 33.0 Å². The standard InChI is InChI=1S/C13H27NO2/c1-5-14-11(6-7-13(2,3)4)10-12-15-8-9-16-12/h11-12,14H,5-10H2,1-4H3. The molecule has 0 amide bonds. The number of hydrogen-bond acceptors (Lipinski definition) is 3. The quantitative estimate of drug-likeness (QED) is 0.759. The first kappa shape index (κ1) is 13.9. The number of nitrogens with one attached hydrogen (secondary N) is 1. The van der Waals surface area contributed by atoms with Crippen molar-refractivity contribution >= 4 is 0 Å². The van der Waals surface area contributed by atoms with Crippen molar-refractivity contribution in [2.45, 2.75) is 59.3 Å². The average Bonchev–Trinajstić information content (AvgIpc) is 2.66. The normalized spacial score (nSPS) is 20.2. The highest BCUT2D eigenvalue weighted by atomic mass is 16.7. The summed E-state index contributed by atoms with van der Waals surface area (Å²) >= 11 is 0. The van der Waals surface area contributed by atoms with E-state index in [1.807, 2.05) is 0 Å². The van der Waals surface area contributed by atoms with E-state index in [4.69, 9.17) is 9.47 Å². The Balaban J connectivity index is 2.28. The summed E-state index contributed by atoms with van der Waals surface area (Å²) < 4.78 is 11.0. The molecule has 0 radical (unpaired) electrons. The van der Waals surface area contributed by atoms with Crippen molar-refractivity contribution in [1.82, 2.24) is 5.32 Å². The topological polar surface area (TPSA) is 30.5 Å². The van der Waals surface area contributed by atoms with Crippen molar-refractivity contribution in [2.75, 3.05) is 19.8 Å². The highest BCUT2D eigenvalue weighted by molar-refractivity contribution is 4.73. The maximum Gasteiger partial charge on any atom is 0.159 e. The van der Waals surface area contributed by atoms with Gasteiger partial charge >= 0.3 is 0 Å². The summed E-state index contributed by atoms with van der Waals surface area (Å²) in [4.78, 5) is 0. The van der Waals surface area contributed by atoms with Gasteiger partial charge in [0, 0.05) is 12.5 Å². The van der Waals surface area contributed by atoms with Crippen LogP contribution in [0.1, 0.15) is 47.0 Å². The molecule has 1 unspecified atom stereocenters. The fraction of sp³-hybridized carbons (Fsp3) is 1.00. The molecule has 3 heteroatoms. The summed E-state index contributed by atoms with van der Waals surface area (Å²) in [7, 11) is 0. The van der Waals surface area contributed by atoms with Crippen LogP contribution in [-0.2, 0) is 9.47 Å². The Morgan fingerprint density at radius 2 is 1.88 bits per heavy atom. The molecule has 0 aromatic heterocycles. The van der Waals surface area contributed by atoms with Crippen molar-refractivity contribution in [3.8, 4) is 0 Å². The van der Waals surface area contributed by atoms with Gasteiger partial charge < -0.3 is 14.8 Å². The van der Waals surface area contributed by atoms with Gasteiger partial charge in [-0.25, -0.2) is 0 Å². The molecule has 0 aromatic carbocycles. The van der Waals surface area contributed by atoms with Crippen LogP contribution in [-0.4, -0.2) is 32.1 Å². The minimum absolute atomic E-state index is 0.0176. The molecule has 96 valence electrons. The molecule has 3 nitrogen and oxygen atoms in total. The lowest BCUT2D eigenvalue weighted by molar-refractivity contribution is -0.0535. The Bertz CT molecular complexity index is 183. The lowest BCUT2D eigenvalue weighted by Gasteiger charge is -2.25. The van der Waals surface area contributed by atoms with E-state index in [-0.39, 0.29) is 6.29 Å². The maximum absolute atomic E-state index is 5.50. The second kappa shape index (κ2) is 6.58. The number of ether oxygens (including phenoxy) is 2. The second-order valence-electron chi connectivity index (χ2n) is 5.76. The highest BCUT2D eigenvalue weighted by Gasteiger charge is 2.22. The molecule has 1 heterocycles. The number of hydrogen-bond donors (Lipinski definition) is 1. The molecule has 1 aliphatic heterocycles. The minimum Gasteiger partial charge on any atom is -0.350 e. The Labute approximate surface area is 99.9 Å². The van der Waals surface area contributed by atoms with Gasteiger partial charge in [0.25, 0.3) is 0 Å². The molecule has 1 rings (SSSR count). The lowest BCUT2D eigenvalue weighted by Crippen LogP contribution is -2.33. The molecular formula is C13H27NO2. The van der Waals surface area contributed by atoms with Gasteiger partial charge in [-0.3, -0.25) is 0 Å². The smallest absolute Gasteiger partial charge is 0.159 e. The van der Waals surface area contributed by atoms with E-state index in [0.29, 0.717) is 11.5 Å². The van der Waals surface area contributed by atoms with Crippen LogP contribution in [0.3, 0.4) is 0 Å². The third kappa shape index (κ3) is 5.83. The van der Waals surface area contributed by atoms with Gasteiger partial charge in [0.15, 0.2) is 6.29 Å². The first-order valence-electron chi connectivity index (χ1n) is 6.48. The van der Waals surface area contributed by atoms with E-state index < -0.39 is 0 Å². The predicted octanol–water partition coefficient (Wildman–Crippen LogP) is 2.55. The third-order valence-electron chi connectivity index (χ3n) is 2.90. The lowest BCUT2D eigenvalue weighted by atomic mass is 9.88. The molecule has 0 aliphatic carbocycles.